The molecular weight excluding hydrogens is 348 g/mol. The Hall–Kier alpha value is 0.340. The first-order valence-electron chi connectivity index (χ1n) is 4.96. The summed E-state index contributed by atoms with van der Waals surface area (Å²) in [6, 6.07) is 2.04. The molecule has 0 saturated carbocycles. The van der Waals surface area contributed by atoms with Gasteiger partial charge >= 0.3 is 0 Å². The van der Waals surface area contributed by atoms with Crippen LogP contribution in [0.1, 0.15) is 6.42 Å². The maximum Gasteiger partial charge on any atom is 0.253 e. The molecule has 0 bridgehead atoms. The quantitative estimate of drug-likeness (QED) is 0.895. The van der Waals surface area contributed by atoms with Crippen molar-refractivity contribution in [2.75, 3.05) is 20.1 Å². The van der Waals surface area contributed by atoms with Crippen molar-refractivity contribution in [2.24, 2.45) is 0 Å². The Balaban J connectivity index is 0.00000144. The predicted octanol–water partition coefficient (Wildman–Crippen LogP) is 1.91. The highest BCUT2D eigenvalue weighted by molar-refractivity contribution is 9.10. The summed E-state index contributed by atoms with van der Waals surface area (Å²) in [7, 11) is -1.44. The molecule has 17 heavy (non-hydrogen) atoms. The highest BCUT2D eigenvalue weighted by Gasteiger charge is 2.33. The van der Waals surface area contributed by atoms with Crippen molar-refractivity contribution < 1.29 is 8.42 Å². The van der Waals surface area contributed by atoms with Crippen molar-refractivity contribution in [1.29, 1.82) is 0 Å². The Kier molecular flexibility index (Phi) is 5.42. The van der Waals surface area contributed by atoms with Crippen LogP contribution in [0.2, 0.25) is 0 Å². The number of hydrogen-bond acceptors (Lipinski definition) is 4. The van der Waals surface area contributed by atoms with E-state index < -0.39 is 10.0 Å². The minimum atomic E-state index is -3.30. The monoisotopic (exact) mass is 360 g/mol. The largest absolute Gasteiger partial charge is 0.316 e. The maximum atomic E-state index is 12.3. The third-order valence-corrected chi connectivity index (χ3v) is 7.23. The average Bonchev–Trinajstić information content (AvgIpc) is 2.85. The molecule has 0 aromatic carbocycles. The van der Waals surface area contributed by atoms with Crippen LogP contribution in [0.5, 0.6) is 0 Å². The van der Waals surface area contributed by atoms with Gasteiger partial charge < -0.3 is 5.32 Å². The first-order chi connectivity index (χ1) is 7.55. The maximum absolute atomic E-state index is 12.3. The number of likely N-dealkylation sites (N-methyl/N-ethyl adjacent to an activating group) is 1. The second-order valence-electron chi connectivity index (χ2n) is 3.69. The summed E-state index contributed by atoms with van der Waals surface area (Å²) in [5.41, 5.74) is 0. The van der Waals surface area contributed by atoms with Crippen LogP contribution in [0.4, 0.5) is 0 Å². The van der Waals surface area contributed by atoms with Crippen molar-refractivity contribution in [1.82, 2.24) is 9.62 Å². The van der Waals surface area contributed by atoms with Crippen LogP contribution < -0.4 is 5.32 Å². The summed E-state index contributed by atoms with van der Waals surface area (Å²) in [5.74, 6) is 0. The molecule has 1 unspecified atom stereocenters. The summed E-state index contributed by atoms with van der Waals surface area (Å²) >= 11 is 4.53. The van der Waals surface area contributed by atoms with E-state index in [0.717, 1.165) is 6.42 Å². The molecule has 0 radical (unpaired) electrons. The van der Waals surface area contributed by atoms with Gasteiger partial charge in [-0.05, 0) is 40.8 Å². The van der Waals surface area contributed by atoms with Crippen molar-refractivity contribution in [3.05, 3.63) is 15.9 Å². The van der Waals surface area contributed by atoms with Gasteiger partial charge in [-0.3, -0.25) is 0 Å². The fourth-order valence-electron chi connectivity index (χ4n) is 1.76. The Morgan fingerprint density at radius 3 is 2.76 bits per heavy atom. The van der Waals surface area contributed by atoms with Gasteiger partial charge in [-0.2, -0.15) is 4.31 Å². The van der Waals surface area contributed by atoms with Crippen molar-refractivity contribution in [3.63, 3.8) is 0 Å². The smallest absolute Gasteiger partial charge is 0.253 e. The molecule has 1 fully saturated rings. The summed E-state index contributed by atoms with van der Waals surface area (Å²) in [6.45, 7) is 1.15. The zero-order valence-electron chi connectivity index (χ0n) is 9.22. The van der Waals surface area contributed by atoms with Crippen LogP contribution in [-0.2, 0) is 10.0 Å². The van der Waals surface area contributed by atoms with Crippen LogP contribution in [0.25, 0.3) is 0 Å². The lowest BCUT2D eigenvalue weighted by Crippen LogP contribution is -2.33. The molecule has 1 saturated heterocycles. The Labute approximate surface area is 120 Å². The first-order valence-corrected chi connectivity index (χ1v) is 8.07. The van der Waals surface area contributed by atoms with E-state index in [4.69, 9.17) is 0 Å². The van der Waals surface area contributed by atoms with Gasteiger partial charge in [0.1, 0.15) is 4.21 Å². The molecule has 1 aromatic heterocycles. The zero-order chi connectivity index (χ0) is 11.8. The van der Waals surface area contributed by atoms with E-state index in [1.807, 2.05) is 7.05 Å². The van der Waals surface area contributed by atoms with Gasteiger partial charge in [0.05, 0.1) is 0 Å². The molecule has 0 amide bonds. The molecule has 1 aliphatic rings. The Morgan fingerprint density at radius 2 is 2.29 bits per heavy atom. The second kappa shape index (κ2) is 5.99. The Bertz CT molecular complexity index is 477. The molecule has 8 heteroatoms. The van der Waals surface area contributed by atoms with Gasteiger partial charge in [0, 0.05) is 23.6 Å². The molecule has 1 aliphatic heterocycles. The highest BCUT2D eigenvalue weighted by atomic mass is 79.9. The van der Waals surface area contributed by atoms with Crippen LogP contribution in [-0.4, -0.2) is 38.9 Å². The lowest BCUT2D eigenvalue weighted by Gasteiger charge is -2.15. The molecule has 1 N–H and O–H groups in total. The van der Waals surface area contributed by atoms with Gasteiger partial charge in [0.15, 0.2) is 0 Å². The first kappa shape index (κ1) is 15.4. The normalized spacial score (nSPS) is 21.4. The summed E-state index contributed by atoms with van der Waals surface area (Å²) in [5, 5.41) is 4.89. The molecule has 4 nitrogen and oxygen atoms in total. The van der Waals surface area contributed by atoms with Crippen LogP contribution in [0, 0.1) is 0 Å². The standard InChI is InChI=1S/C9H13BrN2O2S2.ClH/c1-11-7-2-4-12(6-7)16(13,14)9-8(10)3-5-15-9;/h3,5,7,11H,2,4,6H2,1H3;1H. The average molecular weight is 362 g/mol. The van der Waals surface area contributed by atoms with E-state index >= 15 is 0 Å². The van der Waals surface area contributed by atoms with Gasteiger partial charge in [0.2, 0.25) is 0 Å². The summed E-state index contributed by atoms with van der Waals surface area (Å²) < 4.78 is 27.1. The number of nitrogens with zero attached hydrogens (tertiary/aromatic N) is 1. The molecule has 0 aliphatic carbocycles. The SMILES string of the molecule is CNC1CCN(S(=O)(=O)c2sccc2Br)C1.Cl. The molecular formula is C9H14BrClN2O2S2. The van der Waals surface area contributed by atoms with Crippen molar-refractivity contribution in [3.8, 4) is 0 Å². The van der Waals surface area contributed by atoms with Gasteiger partial charge in [-0.15, -0.1) is 23.7 Å². The van der Waals surface area contributed by atoms with Gasteiger partial charge in [-0.25, -0.2) is 8.42 Å². The fourth-order valence-corrected chi connectivity index (χ4v) is 5.71. The summed E-state index contributed by atoms with van der Waals surface area (Å²) in [4.78, 5) is 0. The molecule has 2 heterocycles. The summed E-state index contributed by atoms with van der Waals surface area (Å²) in [6.07, 6.45) is 0.874. The molecule has 1 atom stereocenters. The lowest BCUT2D eigenvalue weighted by molar-refractivity contribution is 0.466. The van der Waals surface area contributed by atoms with E-state index in [1.165, 1.54) is 11.3 Å². The van der Waals surface area contributed by atoms with E-state index in [0.29, 0.717) is 21.8 Å². The van der Waals surface area contributed by atoms with E-state index in [9.17, 15) is 8.42 Å². The van der Waals surface area contributed by atoms with Crippen LogP contribution in [0.15, 0.2) is 20.1 Å². The third kappa shape index (κ3) is 3.02. The zero-order valence-corrected chi connectivity index (χ0v) is 13.3. The molecule has 0 spiro atoms. The van der Waals surface area contributed by atoms with Gasteiger partial charge in [0.25, 0.3) is 10.0 Å². The number of thiophene rings is 1. The van der Waals surface area contributed by atoms with Crippen LogP contribution in [0.3, 0.4) is 0 Å². The molecule has 98 valence electrons. The number of sulfonamides is 1. The number of halogens is 2. The predicted molar refractivity (Wildman–Crippen MR) is 75.5 cm³/mol. The second-order valence-corrected chi connectivity index (χ2v) is 7.60. The van der Waals surface area contributed by atoms with E-state index in [-0.39, 0.29) is 18.4 Å². The number of hydrogen-bond donors (Lipinski definition) is 1. The van der Waals surface area contributed by atoms with Crippen molar-refractivity contribution in [2.45, 2.75) is 16.7 Å². The minimum Gasteiger partial charge on any atom is -0.316 e. The third-order valence-electron chi connectivity index (χ3n) is 2.72. The van der Waals surface area contributed by atoms with Crippen LogP contribution >= 0.6 is 39.7 Å². The topological polar surface area (TPSA) is 49.4 Å². The fraction of sp³-hybridized carbons (Fsp3) is 0.556. The van der Waals surface area contributed by atoms with Gasteiger partial charge in [-0.1, -0.05) is 0 Å². The van der Waals surface area contributed by atoms with E-state index in [1.54, 1.807) is 15.8 Å². The highest BCUT2D eigenvalue weighted by Crippen LogP contribution is 2.31. The minimum absolute atomic E-state index is 0. The van der Waals surface area contributed by atoms with E-state index in [2.05, 4.69) is 21.2 Å². The lowest BCUT2D eigenvalue weighted by atomic mass is 10.3. The number of nitrogens with one attached hydrogen (secondary N) is 1. The Morgan fingerprint density at radius 1 is 1.59 bits per heavy atom. The number of rotatable bonds is 3. The van der Waals surface area contributed by atoms with Crippen molar-refractivity contribution >= 4 is 49.7 Å². The molecule has 1 aromatic rings. The molecule has 2 rings (SSSR count).